The van der Waals surface area contributed by atoms with E-state index in [1.54, 1.807) is 0 Å². The van der Waals surface area contributed by atoms with Gasteiger partial charge in [0.2, 0.25) is 5.88 Å². The average molecular weight is 274 g/mol. The molecular formula is C10H5F3N2O2S. The van der Waals surface area contributed by atoms with E-state index in [1.807, 2.05) is 0 Å². The molecule has 0 saturated carbocycles. The maximum Gasteiger partial charge on any atom is 0.388 e. The van der Waals surface area contributed by atoms with Gasteiger partial charge in [-0.15, -0.1) is 11.3 Å². The SMILES string of the molecule is O=Cc1cnc(-c2cc(F)cnc2OC(F)F)s1. The zero-order valence-electron chi connectivity index (χ0n) is 8.64. The Bertz CT molecular complexity index is 574. The van der Waals surface area contributed by atoms with Crippen molar-refractivity contribution >= 4 is 17.6 Å². The van der Waals surface area contributed by atoms with Crippen LogP contribution in [0.4, 0.5) is 13.2 Å². The van der Waals surface area contributed by atoms with Crippen LogP contribution in [0.5, 0.6) is 5.88 Å². The predicted molar refractivity (Wildman–Crippen MR) is 57.3 cm³/mol. The lowest BCUT2D eigenvalue weighted by atomic mass is 10.3. The topological polar surface area (TPSA) is 52.1 Å². The highest BCUT2D eigenvalue weighted by atomic mass is 32.1. The quantitative estimate of drug-likeness (QED) is 0.804. The van der Waals surface area contributed by atoms with Gasteiger partial charge < -0.3 is 4.74 Å². The van der Waals surface area contributed by atoms with Crippen LogP contribution in [0.3, 0.4) is 0 Å². The third-order valence-corrected chi connectivity index (χ3v) is 2.84. The third kappa shape index (κ3) is 2.65. The zero-order chi connectivity index (χ0) is 13.1. The molecule has 0 atom stereocenters. The lowest BCUT2D eigenvalue weighted by Crippen LogP contribution is -2.05. The minimum Gasteiger partial charge on any atom is -0.416 e. The maximum absolute atomic E-state index is 13.1. The fourth-order valence-electron chi connectivity index (χ4n) is 1.22. The number of carbonyl (C=O) groups is 1. The first kappa shape index (κ1) is 12.5. The summed E-state index contributed by atoms with van der Waals surface area (Å²) in [5.74, 6) is -1.15. The molecule has 2 rings (SSSR count). The van der Waals surface area contributed by atoms with Gasteiger partial charge >= 0.3 is 6.61 Å². The molecule has 0 bridgehead atoms. The van der Waals surface area contributed by atoms with Crippen LogP contribution in [0.2, 0.25) is 0 Å². The van der Waals surface area contributed by atoms with Gasteiger partial charge in [0.05, 0.1) is 16.6 Å². The highest BCUT2D eigenvalue weighted by Gasteiger charge is 2.16. The number of alkyl halides is 2. The number of hydrogen-bond donors (Lipinski definition) is 0. The van der Waals surface area contributed by atoms with E-state index in [0.29, 0.717) is 6.29 Å². The molecule has 0 aliphatic heterocycles. The van der Waals surface area contributed by atoms with Crippen LogP contribution in [-0.4, -0.2) is 22.9 Å². The second kappa shape index (κ2) is 5.13. The first-order chi connectivity index (χ1) is 8.60. The Morgan fingerprint density at radius 3 is 2.72 bits per heavy atom. The number of hydrogen-bond acceptors (Lipinski definition) is 5. The molecule has 0 saturated heterocycles. The van der Waals surface area contributed by atoms with Crippen molar-refractivity contribution in [1.29, 1.82) is 0 Å². The van der Waals surface area contributed by atoms with Crippen molar-refractivity contribution in [3.05, 3.63) is 29.2 Å². The maximum atomic E-state index is 13.1. The summed E-state index contributed by atoms with van der Waals surface area (Å²) in [6.07, 6.45) is 2.57. The Hall–Kier alpha value is -1.96. The highest BCUT2D eigenvalue weighted by Crippen LogP contribution is 2.32. The van der Waals surface area contributed by atoms with E-state index in [-0.39, 0.29) is 15.4 Å². The van der Waals surface area contributed by atoms with Crippen molar-refractivity contribution in [2.45, 2.75) is 6.61 Å². The van der Waals surface area contributed by atoms with E-state index in [2.05, 4.69) is 14.7 Å². The molecule has 0 spiro atoms. The molecular weight excluding hydrogens is 269 g/mol. The largest absolute Gasteiger partial charge is 0.416 e. The summed E-state index contributed by atoms with van der Waals surface area (Å²) in [6.45, 7) is -3.08. The molecule has 0 unspecified atom stereocenters. The molecule has 0 aromatic carbocycles. The van der Waals surface area contributed by atoms with E-state index in [4.69, 9.17) is 0 Å². The van der Waals surface area contributed by atoms with Gasteiger partial charge in [-0.3, -0.25) is 4.79 Å². The number of aldehydes is 1. The summed E-state index contributed by atoms with van der Waals surface area (Å²) in [5.41, 5.74) is -0.0200. The van der Waals surface area contributed by atoms with E-state index >= 15 is 0 Å². The second-order valence-corrected chi connectivity index (χ2v) is 4.13. The molecule has 2 aromatic rings. The van der Waals surface area contributed by atoms with Crippen LogP contribution < -0.4 is 4.74 Å². The van der Waals surface area contributed by atoms with Crippen molar-refractivity contribution in [3.8, 4) is 16.5 Å². The summed E-state index contributed by atoms with van der Waals surface area (Å²) in [5, 5.41) is 0.180. The summed E-state index contributed by atoms with van der Waals surface area (Å²) < 4.78 is 41.5. The smallest absolute Gasteiger partial charge is 0.388 e. The Kier molecular flexibility index (Phi) is 3.56. The molecule has 2 heterocycles. The molecule has 0 aliphatic carbocycles. The highest BCUT2D eigenvalue weighted by molar-refractivity contribution is 7.16. The van der Waals surface area contributed by atoms with Gasteiger partial charge in [0.1, 0.15) is 10.8 Å². The Morgan fingerprint density at radius 2 is 2.11 bits per heavy atom. The van der Waals surface area contributed by atoms with E-state index < -0.39 is 18.3 Å². The van der Waals surface area contributed by atoms with Crippen LogP contribution in [0, 0.1) is 5.82 Å². The summed E-state index contributed by atoms with van der Waals surface area (Å²) in [6, 6.07) is 0.970. The van der Waals surface area contributed by atoms with E-state index in [9.17, 15) is 18.0 Å². The predicted octanol–water partition coefficient (Wildman–Crippen LogP) is 2.76. The van der Waals surface area contributed by atoms with Crippen LogP contribution in [-0.2, 0) is 0 Å². The number of thiazole rings is 1. The normalized spacial score (nSPS) is 10.7. The molecule has 0 radical (unpaired) electrons. The lowest BCUT2D eigenvalue weighted by molar-refractivity contribution is -0.0525. The first-order valence-corrected chi connectivity index (χ1v) is 5.43. The Balaban J connectivity index is 2.46. The zero-order valence-corrected chi connectivity index (χ0v) is 9.46. The van der Waals surface area contributed by atoms with Crippen molar-refractivity contribution in [1.82, 2.24) is 9.97 Å². The van der Waals surface area contributed by atoms with Gasteiger partial charge in [-0.05, 0) is 6.07 Å². The third-order valence-electron chi connectivity index (χ3n) is 1.89. The molecule has 94 valence electrons. The Labute approximate surface area is 103 Å². The molecule has 0 fully saturated rings. The van der Waals surface area contributed by atoms with Gasteiger partial charge in [0.25, 0.3) is 0 Å². The van der Waals surface area contributed by atoms with E-state index in [0.717, 1.165) is 23.6 Å². The van der Waals surface area contributed by atoms with Crippen LogP contribution in [0.1, 0.15) is 9.67 Å². The van der Waals surface area contributed by atoms with Crippen LogP contribution in [0.15, 0.2) is 18.5 Å². The number of ether oxygens (including phenoxy) is 1. The van der Waals surface area contributed by atoms with Gasteiger partial charge in [-0.1, -0.05) is 0 Å². The minimum absolute atomic E-state index is 0.0200. The molecule has 0 aliphatic rings. The summed E-state index contributed by atoms with van der Waals surface area (Å²) in [4.78, 5) is 18.1. The Morgan fingerprint density at radius 1 is 1.33 bits per heavy atom. The van der Waals surface area contributed by atoms with Gasteiger partial charge in [0, 0.05) is 6.20 Å². The number of halogens is 3. The molecule has 2 aromatic heterocycles. The number of nitrogens with zero attached hydrogens (tertiary/aromatic N) is 2. The van der Waals surface area contributed by atoms with Crippen molar-refractivity contribution < 1.29 is 22.7 Å². The minimum atomic E-state index is -3.08. The number of aromatic nitrogens is 2. The van der Waals surface area contributed by atoms with Crippen LogP contribution >= 0.6 is 11.3 Å². The molecule has 0 amide bonds. The molecule has 0 N–H and O–H groups in total. The van der Waals surface area contributed by atoms with Crippen LogP contribution in [0.25, 0.3) is 10.6 Å². The fraction of sp³-hybridized carbons (Fsp3) is 0.100. The number of pyridine rings is 1. The standard InChI is InChI=1S/C10H5F3N2O2S/c11-5-1-7(8(14-2-5)17-10(12)13)9-15-3-6(4-16)18-9/h1-4,10H. The molecule has 18 heavy (non-hydrogen) atoms. The second-order valence-electron chi connectivity index (χ2n) is 3.07. The number of rotatable bonds is 4. The van der Waals surface area contributed by atoms with Gasteiger partial charge in [-0.2, -0.15) is 8.78 Å². The van der Waals surface area contributed by atoms with Crippen molar-refractivity contribution in [3.63, 3.8) is 0 Å². The van der Waals surface area contributed by atoms with Crippen molar-refractivity contribution in [2.24, 2.45) is 0 Å². The summed E-state index contributed by atoms with van der Waals surface area (Å²) >= 11 is 0.925. The van der Waals surface area contributed by atoms with Crippen molar-refractivity contribution in [2.75, 3.05) is 0 Å². The van der Waals surface area contributed by atoms with E-state index in [1.165, 1.54) is 6.20 Å². The van der Waals surface area contributed by atoms with Gasteiger partial charge in [-0.25, -0.2) is 14.4 Å². The first-order valence-electron chi connectivity index (χ1n) is 4.62. The lowest BCUT2D eigenvalue weighted by Gasteiger charge is -2.07. The molecule has 4 nitrogen and oxygen atoms in total. The summed E-state index contributed by atoms with van der Waals surface area (Å²) in [7, 11) is 0. The fourth-order valence-corrected chi connectivity index (χ4v) is 1.96. The monoisotopic (exact) mass is 274 g/mol. The average Bonchev–Trinajstić information content (AvgIpc) is 2.79. The van der Waals surface area contributed by atoms with Gasteiger partial charge in [0.15, 0.2) is 6.29 Å². The molecule has 8 heteroatoms. The number of carbonyl (C=O) groups excluding carboxylic acids is 1.